The maximum atomic E-state index is 5.65. The standard InChI is InChI=1S/C16H24N4O/c1-2-13-12-16(20-15(19-13)8-10-18-20)17-9-4-3-6-14-7-5-11-21-14/h8,10,12,14,17H,2-7,9,11H2,1H3/t14-/m0/s1. The van der Waals surface area contributed by atoms with E-state index < -0.39 is 0 Å². The molecule has 1 saturated heterocycles. The number of rotatable bonds is 7. The highest BCUT2D eigenvalue weighted by Gasteiger charge is 2.14. The minimum atomic E-state index is 0.510. The SMILES string of the molecule is CCc1cc(NCCCC[C@H]2CCCO2)n2nccc2n1. The first-order chi connectivity index (χ1) is 10.4. The van der Waals surface area contributed by atoms with E-state index in [0.717, 1.165) is 43.2 Å². The molecular formula is C16H24N4O. The molecule has 1 aliphatic heterocycles. The minimum absolute atomic E-state index is 0.510. The summed E-state index contributed by atoms with van der Waals surface area (Å²) in [7, 11) is 0. The van der Waals surface area contributed by atoms with Gasteiger partial charge in [-0.25, -0.2) is 4.98 Å². The lowest BCUT2D eigenvalue weighted by atomic mass is 10.1. The highest BCUT2D eigenvalue weighted by molar-refractivity contribution is 5.49. The fraction of sp³-hybridized carbons (Fsp3) is 0.625. The van der Waals surface area contributed by atoms with Gasteiger partial charge in [0, 0.05) is 31.0 Å². The zero-order valence-corrected chi connectivity index (χ0v) is 12.7. The molecule has 0 saturated carbocycles. The molecule has 114 valence electrons. The van der Waals surface area contributed by atoms with Gasteiger partial charge in [0.2, 0.25) is 0 Å². The van der Waals surface area contributed by atoms with E-state index in [1.165, 1.54) is 25.7 Å². The predicted octanol–water partition coefficient (Wildman–Crippen LogP) is 3.05. The molecule has 21 heavy (non-hydrogen) atoms. The van der Waals surface area contributed by atoms with Crippen molar-refractivity contribution in [1.29, 1.82) is 0 Å². The fourth-order valence-electron chi connectivity index (χ4n) is 2.86. The summed E-state index contributed by atoms with van der Waals surface area (Å²) in [5.41, 5.74) is 2.01. The lowest BCUT2D eigenvalue weighted by molar-refractivity contribution is 0.102. The number of aryl methyl sites for hydroxylation is 1. The second-order valence-corrected chi connectivity index (χ2v) is 5.65. The molecule has 2 aromatic rings. The molecule has 0 amide bonds. The lowest BCUT2D eigenvalue weighted by Gasteiger charge is -2.11. The molecular weight excluding hydrogens is 264 g/mol. The van der Waals surface area contributed by atoms with E-state index >= 15 is 0 Å². The zero-order chi connectivity index (χ0) is 14.5. The number of unbranched alkanes of at least 4 members (excludes halogenated alkanes) is 1. The Labute approximate surface area is 125 Å². The molecule has 1 N–H and O–H groups in total. The van der Waals surface area contributed by atoms with E-state index in [-0.39, 0.29) is 0 Å². The van der Waals surface area contributed by atoms with Crippen molar-refractivity contribution in [3.05, 3.63) is 24.0 Å². The van der Waals surface area contributed by atoms with Crippen molar-refractivity contribution >= 4 is 11.5 Å². The molecule has 5 nitrogen and oxygen atoms in total. The molecule has 0 spiro atoms. The van der Waals surface area contributed by atoms with Gasteiger partial charge in [-0.2, -0.15) is 9.61 Å². The van der Waals surface area contributed by atoms with Crippen LogP contribution in [-0.4, -0.2) is 33.9 Å². The van der Waals surface area contributed by atoms with Gasteiger partial charge in [-0.05, 0) is 38.5 Å². The molecule has 0 aliphatic carbocycles. The van der Waals surface area contributed by atoms with Crippen molar-refractivity contribution in [2.45, 2.75) is 51.6 Å². The quantitative estimate of drug-likeness (QED) is 0.796. The predicted molar refractivity (Wildman–Crippen MR) is 83.7 cm³/mol. The van der Waals surface area contributed by atoms with E-state index in [4.69, 9.17) is 4.74 Å². The molecule has 1 atom stereocenters. The fourth-order valence-corrected chi connectivity index (χ4v) is 2.86. The summed E-state index contributed by atoms with van der Waals surface area (Å²) >= 11 is 0. The summed E-state index contributed by atoms with van der Waals surface area (Å²) in [6.45, 7) is 4.05. The summed E-state index contributed by atoms with van der Waals surface area (Å²) in [6.07, 6.45) is 9.28. The van der Waals surface area contributed by atoms with Crippen LogP contribution < -0.4 is 5.32 Å². The van der Waals surface area contributed by atoms with Gasteiger partial charge >= 0.3 is 0 Å². The first-order valence-electron chi connectivity index (χ1n) is 8.06. The topological polar surface area (TPSA) is 51.5 Å². The summed E-state index contributed by atoms with van der Waals surface area (Å²) < 4.78 is 7.53. The number of nitrogens with one attached hydrogen (secondary N) is 1. The number of fused-ring (bicyclic) bond motifs is 1. The molecule has 3 rings (SSSR count). The molecule has 0 radical (unpaired) electrons. The van der Waals surface area contributed by atoms with Gasteiger partial charge < -0.3 is 10.1 Å². The Balaban J connectivity index is 1.51. The van der Waals surface area contributed by atoms with E-state index in [2.05, 4.69) is 28.4 Å². The molecule has 0 unspecified atom stereocenters. The number of aromatic nitrogens is 3. The smallest absolute Gasteiger partial charge is 0.157 e. The third-order valence-electron chi connectivity index (χ3n) is 4.06. The third kappa shape index (κ3) is 3.53. The van der Waals surface area contributed by atoms with Crippen LogP contribution in [-0.2, 0) is 11.2 Å². The van der Waals surface area contributed by atoms with Crippen LogP contribution in [0.1, 0.15) is 44.7 Å². The maximum Gasteiger partial charge on any atom is 0.157 e. The average molecular weight is 288 g/mol. The third-order valence-corrected chi connectivity index (χ3v) is 4.06. The van der Waals surface area contributed by atoms with Crippen molar-refractivity contribution in [2.24, 2.45) is 0 Å². The summed E-state index contributed by atoms with van der Waals surface area (Å²) in [5.74, 6) is 1.04. The monoisotopic (exact) mass is 288 g/mol. The normalized spacial score (nSPS) is 18.4. The van der Waals surface area contributed by atoms with E-state index in [1.54, 1.807) is 6.20 Å². The number of ether oxygens (including phenoxy) is 1. The van der Waals surface area contributed by atoms with Crippen LogP contribution in [0.4, 0.5) is 5.82 Å². The van der Waals surface area contributed by atoms with Crippen molar-refractivity contribution in [1.82, 2.24) is 14.6 Å². The average Bonchev–Trinajstić information content (AvgIpc) is 3.17. The Hall–Kier alpha value is -1.62. The van der Waals surface area contributed by atoms with E-state index in [9.17, 15) is 0 Å². The number of hydrogen-bond donors (Lipinski definition) is 1. The Kier molecular flexibility index (Phi) is 4.70. The van der Waals surface area contributed by atoms with Crippen LogP contribution >= 0.6 is 0 Å². The second kappa shape index (κ2) is 6.89. The van der Waals surface area contributed by atoms with Gasteiger partial charge in [0.1, 0.15) is 5.82 Å². The Morgan fingerprint density at radius 3 is 3.19 bits per heavy atom. The minimum Gasteiger partial charge on any atom is -0.378 e. The lowest BCUT2D eigenvalue weighted by Crippen LogP contribution is -2.10. The van der Waals surface area contributed by atoms with Gasteiger partial charge in [-0.1, -0.05) is 6.92 Å². The number of nitrogens with zero attached hydrogens (tertiary/aromatic N) is 3. The molecule has 0 aromatic carbocycles. The Bertz CT molecular complexity index is 575. The first kappa shape index (κ1) is 14.3. The van der Waals surface area contributed by atoms with Crippen LogP contribution in [0.25, 0.3) is 5.65 Å². The van der Waals surface area contributed by atoms with Crippen molar-refractivity contribution in [3.63, 3.8) is 0 Å². The zero-order valence-electron chi connectivity index (χ0n) is 12.7. The van der Waals surface area contributed by atoms with Gasteiger partial charge in [0.25, 0.3) is 0 Å². The van der Waals surface area contributed by atoms with Crippen LogP contribution in [0.2, 0.25) is 0 Å². The highest BCUT2D eigenvalue weighted by Crippen LogP contribution is 2.18. The largest absolute Gasteiger partial charge is 0.378 e. The van der Waals surface area contributed by atoms with Crippen molar-refractivity contribution < 1.29 is 4.74 Å². The van der Waals surface area contributed by atoms with Gasteiger partial charge in [-0.15, -0.1) is 0 Å². The molecule has 2 aromatic heterocycles. The summed E-state index contributed by atoms with van der Waals surface area (Å²) in [5, 5.41) is 7.82. The summed E-state index contributed by atoms with van der Waals surface area (Å²) in [4.78, 5) is 4.55. The van der Waals surface area contributed by atoms with Crippen LogP contribution in [0, 0.1) is 0 Å². The summed E-state index contributed by atoms with van der Waals surface area (Å²) in [6, 6.07) is 4.04. The van der Waals surface area contributed by atoms with Crippen LogP contribution in [0.3, 0.4) is 0 Å². The van der Waals surface area contributed by atoms with E-state index in [0.29, 0.717) is 6.10 Å². The molecule has 0 bridgehead atoms. The Morgan fingerprint density at radius 2 is 2.38 bits per heavy atom. The molecule has 5 heteroatoms. The van der Waals surface area contributed by atoms with Crippen LogP contribution in [0.5, 0.6) is 0 Å². The van der Waals surface area contributed by atoms with Gasteiger partial charge in [0.15, 0.2) is 5.65 Å². The van der Waals surface area contributed by atoms with Crippen LogP contribution in [0.15, 0.2) is 18.3 Å². The molecule has 1 fully saturated rings. The number of hydrogen-bond acceptors (Lipinski definition) is 4. The molecule has 1 aliphatic rings. The Morgan fingerprint density at radius 1 is 1.43 bits per heavy atom. The van der Waals surface area contributed by atoms with Gasteiger partial charge in [0.05, 0.1) is 12.3 Å². The highest BCUT2D eigenvalue weighted by atomic mass is 16.5. The van der Waals surface area contributed by atoms with Crippen molar-refractivity contribution in [3.8, 4) is 0 Å². The number of anilines is 1. The maximum absolute atomic E-state index is 5.65. The van der Waals surface area contributed by atoms with Gasteiger partial charge in [-0.3, -0.25) is 0 Å². The van der Waals surface area contributed by atoms with E-state index in [1.807, 2.05) is 10.6 Å². The van der Waals surface area contributed by atoms with Crippen molar-refractivity contribution in [2.75, 3.05) is 18.5 Å². The first-order valence-corrected chi connectivity index (χ1v) is 8.06. The molecule has 3 heterocycles. The second-order valence-electron chi connectivity index (χ2n) is 5.65.